The molecular weight excluding hydrogens is 451 g/mol. The maximum absolute atomic E-state index is 13.6. The van der Waals surface area contributed by atoms with E-state index in [9.17, 15) is 17.6 Å². The molecule has 1 saturated heterocycles. The predicted molar refractivity (Wildman–Crippen MR) is 126 cm³/mol. The maximum atomic E-state index is 13.6. The molecule has 0 bridgehead atoms. The highest BCUT2D eigenvalue weighted by atomic mass is 32.2. The second-order valence-corrected chi connectivity index (χ2v) is 10.4. The minimum Gasteiger partial charge on any atom is -0.359 e. The smallest absolute Gasteiger partial charge is 0.263 e. The van der Waals surface area contributed by atoms with Gasteiger partial charge in [-0.1, -0.05) is 0 Å². The van der Waals surface area contributed by atoms with Crippen LogP contribution >= 0.6 is 11.3 Å². The average molecular weight is 477 g/mol. The van der Waals surface area contributed by atoms with E-state index >= 15 is 0 Å². The van der Waals surface area contributed by atoms with Gasteiger partial charge < -0.3 is 9.80 Å². The topological polar surface area (TPSA) is 82.6 Å². The first kappa shape index (κ1) is 20.9. The Morgan fingerprint density at radius 1 is 1.16 bits per heavy atom. The molecule has 2 aromatic carbocycles. The van der Waals surface area contributed by atoms with Crippen LogP contribution in [0.2, 0.25) is 0 Å². The molecule has 2 aliphatic rings. The number of hydrogen-bond donors (Lipinski definition) is 1. The number of thiazole rings is 1. The van der Waals surface area contributed by atoms with Gasteiger partial charge in [-0.25, -0.2) is 17.8 Å². The number of carbonyl (C=O) groups excluding carboxylic acids is 1. The highest BCUT2D eigenvalue weighted by Crippen LogP contribution is 2.34. The number of nitrogens with one attached hydrogen (secondary N) is 1. The number of halogens is 1. The molecule has 7 nitrogen and oxygen atoms in total. The van der Waals surface area contributed by atoms with E-state index in [2.05, 4.69) is 14.6 Å². The molecule has 0 aliphatic carbocycles. The number of aromatic nitrogens is 1. The lowest BCUT2D eigenvalue weighted by molar-refractivity contribution is -0.118. The van der Waals surface area contributed by atoms with Crippen LogP contribution in [0.25, 0.3) is 0 Å². The van der Waals surface area contributed by atoms with E-state index in [0.717, 1.165) is 30.6 Å². The van der Waals surface area contributed by atoms with Crippen LogP contribution in [0.5, 0.6) is 0 Å². The first-order valence-corrected chi connectivity index (χ1v) is 12.7. The van der Waals surface area contributed by atoms with Gasteiger partial charge in [-0.2, -0.15) is 0 Å². The third kappa shape index (κ3) is 3.84. The zero-order valence-electron chi connectivity index (χ0n) is 17.1. The van der Waals surface area contributed by atoms with E-state index in [1.54, 1.807) is 34.5 Å². The molecule has 1 fully saturated rings. The van der Waals surface area contributed by atoms with Crippen LogP contribution in [0.3, 0.4) is 0 Å². The standard InChI is InChI=1S/C22H21FN4O3S2.2H2/c23-16-3-8-19-15(14-16)2-1-11-27(19)20-9-12-26(21(20)28)17-4-6-18(7-5-17)32(29,30)25-22-24-10-13-31-22;;/h3-8,10,13-14,20H,1-2,9,11-12H2,(H,24,25);2*1H/t20-;;/m0../s1. The number of fused-ring (bicyclic) bond motifs is 1. The van der Waals surface area contributed by atoms with Crippen LogP contribution in [0.1, 0.15) is 21.3 Å². The number of sulfonamides is 1. The predicted octanol–water partition coefficient (Wildman–Crippen LogP) is 4.13. The second kappa shape index (κ2) is 8.18. The number of hydrogen-bond acceptors (Lipinski definition) is 6. The van der Waals surface area contributed by atoms with Gasteiger partial charge in [0.25, 0.3) is 10.0 Å². The third-order valence-corrected chi connectivity index (χ3v) is 8.03. The summed E-state index contributed by atoms with van der Waals surface area (Å²) in [5.74, 6) is -0.289. The van der Waals surface area contributed by atoms with E-state index in [-0.39, 0.29) is 25.5 Å². The minimum atomic E-state index is -3.75. The van der Waals surface area contributed by atoms with Crippen LogP contribution in [0.15, 0.2) is 58.9 Å². The van der Waals surface area contributed by atoms with Crippen molar-refractivity contribution in [1.29, 1.82) is 0 Å². The average Bonchev–Trinajstić information content (AvgIpc) is 3.42. The Morgan fingerprint density at radius 3 is 2.72 bits per heavy atom. The summed E-state index contributed by atoms with van der Waals surface area (Å²) in [5.41, 5.74) is 2.51. The highest BCUT2D eigenvalue weighted by molar-refractivity contribution is 7.93. The molecule has 0 radical (unpaired) electrons. The van der Waals surface area contributed by atoms with Gasteiger partial charge in [-0.3, -0.25) is 9.52 Å². The normalized spacial score (nSPS) is 18.7. The van der Waals surface area contributed by atoms with Gasteiger partial charge in [0.1, 0.15) is 11.9 Å². The van der Waals surface area contributed by atoms with E-state index in [0.29, 0.717) is 23.8 Å². The molecule has 1 amide bonds. The number of carbonyl (C=O) groups is 1. The fraction of sp³-hybridized carbons (Fsp3) is 0.273. The summed E-state index contributed by atoms with van der Waals surface area (Å²) in [6, 6.07) is 10.7. The lowest BCUT2D eigenvalue weighted by atomic mass is 9.99. The van der Waals surface area contributed by atoms with Gasteiger partial charge in [-0.05, 0) is 67.3 Å². The van der Waals surface area contributed by atoms with Crippen molar-refractivity contribution in [3.8, 4) is 0 Å². The Kier molecular flexibility index (Phi) is 5.34. The van der Waals surface area contributed by atoms with Crippen LogP contribution in [-0.4, -0.2) is 38.4 Å². The summed E-state index contributed by atoms with van der Waals surface area (Å²) in [5, 5.41) is 1.99. The molecule has 170 valence electrons. The van der Waals surface area contributed by atoms with Crippen molar-refractivity contribution in [3.05, 3.63) is 65.4 Å². The Morgan fingerprint density at radius 2 is 1.97 bits per heavy atom. The summed E-state index contributed by atoms with van der Waals surface area (Å²) >= 11 is 1.20. The van der Waals surface area contributed by atoms with Crippen molar-refractivity contribution >= 4 is 43.8 Å². The minimum absolute atomic E-state index is 0. The fourth-order valence-electron chi connectivity index (χ4n) is 4.38. The monoisotopic (exact) mass is 476 g/mol. The molecule has 32 heavy (non-hydrogen) atoms. The quantitative estimate of drug-likeness (QED) is 0.599. The summed E-state index contributed by atoms with van der Waals surface area (Å²) < 4.78 is 41.2. The van der Waals surface area contributed by atoms with Crippen LogP contribution in [0, 0.1) is 5.82 Å². The molecule has 0 spiro atoms. The van der Waals surface area contributed by atoms with Gasteiger partial charge in [0.2, 0.25) is 5.91 Å². The van der Waals surface area contributed by atoms with Crippen molar-refractivity contribution in [1.82, 2.24) is 4.98 Å². The first-order valence-electron chi connectivity index (χ1n) is 10.3. The SMILES string of the molecule is O=C1[C@@H](N2CCCc3cc(F)ccc32)CCN1c1ccc(S(=O)(=O)Nc2nccs2)cc1.[HH].[HH]. The lowest BCUT2D eigenvalue weighted by Gasteiger charge is -2.35. The number of nitrogens with zero attached hydrogens (tertiary/aromatic N) is 3. The summed E-state index contributed by atoms with van der Waals surface area (Å²) in [6.45, 7) is 1.29. The second-order valence-electron chi connectivity index (χ2n) is 7.80. The van der Waals surface area contributed by atoms with E-state index in [1.165, 1.54) is 35.7 Å². The number of aryl methyl sites for hydroxylation is 1. The van der Waals surface area contributed by atoms with Gasteiger partial charge in [0.15, 0.2) is 5.13 Å². The molecule has 1 N–H and O–H groups in total. The highest BCUT2D eigenvalue weighted by Gasteiger charge is 2.38. The number of amides is 1. The molecule has 1 atom stereocenters. The Labute approximate surface area is 192 Å². The van der Waals surface area contributed by atoms with Gasteiger partial charge in [0.05, 0.1) is 4.90 Å². The first-order chi connectivity index (χ1) is 15.4. The van der Waals surface area contributed by atoms with Crippen LogP contribution < -0.4 is 14.5 Å². The molecular formula is C22H25FN4O3S2. The van der Waals surface area contributed by atoms with Gasteiger partial charge in [-0.15, -0.1) is 11.3 Å². The Hall–Kier alpha value is -2.98. The van der Waals surface area contributed by atoms with Crippen molar-refractivity contribution < 1.29 is 20.5 Å². The van der Waals surface area contributed by atoms with Gasteiger partial charge in [0, 0.05) is 38.9 Å². The zero-order chi connectivity index (χ0) is 22.3. The Bertz CT molecular complexity index is 1260. The largest absolute Gasteiger partial charge is 0.359 e. The maximum Gasteiger partial charge on any atom is 0.263 e. The molecule has 3 aromatic rings. The molecule has 5 rings (SSSR count). The molecule has 10 heteroatoms. The van der Waals surface area contributed by atoms with E-state index < -0.39 is 10.0 Å². The number of rotatable bonds is 5. The van der Waals surface area contributed by atoms with Crippen molar-refractivity contribution in [3.63, 3.8) is 0 Å². The number of benzene rings is 2. The van der Waals surface area contributed by atoms with Crippen molar-refractivity contribution in [2.45, 2.75) is 30.2 Å². The Balaban J connectivity index is 0.00000162. The van der Waals surface area contributed by atoms with E-state index in [1.807, 2.05) is 0 Å². The molecule has 3 heterocycles. The van der Waals surface area contributed by atoms with Crippen molar-refractivity contribution in [2.24, 2.45) is 0 Å². The fourth-order valence-corrected chi connectivity index (χ4v) is 6.17. The van der Waals surface area contributed by atoms with E-state index in [4.69, 9.17) is 0 Å². The summed E-state index contributed by atoms with van der Waals surface area (Å²) in [4.78, 5) is 21.1. The molecule has 2 aliphatic heterocycles. The molecule has 0 saturated carbocycles. The van der Waals surface area contributed by atoms with Crippen LogP contribution in [0.4, 0.5) is 20.9 Å². The summed E-state index contributed by atoms with van der Waals surface area (Å²) in [6.07, 6.45) is 3.86. The summed E-state index contributed by atoms with van der Waals surface area (Å²) in [7, 11) is -3.75. The van der Waals surface area contributed by atoms with Gasteiger partial charge >= 0.3 is 0 Å². The lowest BCUT2D eigenvalue weighted by Crippen LogP contribution is -2.44. The molecule has 0 unspecified atom stereocenters. The molecule has 1 aromatic heterocycles. The number of anilines is 3. The third-order valence-electron chi connectivity index (χ3n) is 5.86. The van der Waals surface area contributed by atoms with Crippen molar-refractivity contribution in [2.75, 3.05) is 27.6 Å². The zero-order valence-corrected chi connectivity index (χ0v) is 18.7. The van der Waals surface area contributed by atoms with Crippen LogP contribution in [-0.2, 0) is 21.2 Å².